The van der Waals surface area contributed by atoms with Crippen LogP contribution in [0.3, 0.4) is 0 Å². The summed E-state index contributed by atoms with van der Waals surface area (Å²) in [6, 6.07) is 11.6. The summed E-state index contributed by atoms with van der Waals surface area (Å²) in [7, 11) is 1.46. The maximum atomic E-state index is 12.9. The standard InChI is InChI=1S/C16H15F3O3/c1-21-14-8-4-5-9-15(14)22-10-13(20)11-6-2-3-7-12(11)16(17,18)19/h2-9,13,20H,10H2,1H3. The molecule has 0 amide bonds. The summed E-state index contributed by atoms with van der Waals surface area (Å²) in [5, 5.41) is 10.0. The summed E-state index contributed by atoms with van der Waals surface area (Å²) in [4.78, 5) is 0. The lowest BCUT2D eigenvalue weighted by Crippen LogP contribution is -2.16. The molecule has 2 aromatic rings. The molecule has 0 saturated heterocycles. The second-order valence-corrected chi connectivity index (χ2v) is 4.56. The van der Waals surface area contributed by atoms with Crippen LogP contribution in [-0.2, 0) is 6.18 Å². The Morgan fingerprint density at radius 1 is 1.00 bits per heavy atom. The lowest BCUT2D eigenvalue weighted by molar-refractivity contribution is -0.139. The molecule has 0 heterocycles. The summed E-state index contributed by atoms with van der Waals surface area (Å²) in [5.74, 6) is 0.798. The van der Waals surface area contributed by atoms with Gasteiger partial charge in [-0.3, -0.25) is 0 Å². The molecular formula is C16H15F3O3. The largest absolute Gasteiger partial charge is 0.493 e. The van der Waals surface area contributed by atoms with E-state index in [-0.39, 0.29) is 12.2 Å². The van der Waals surface area contributed by atoms with Crippen molar-refractivity contribution in [2.75, 3.05) is 13.7 Å². The quantitative estimate of drug-likeness (QED) is 0.912. The molecule has 0 spiro atoms. The van der Waals surface area contributed by atoms with Crippen molar-refractivity contribution < 1.29 is 27.8 Å². The van der Waals surface area contributed by atoms with Gasteiger partial charge in [0.2, 0.25) is 0 Å². The van der Waals surface area contributed by atoms with Gasteiger partial charge in [-0.2, -0.15) is 13.2 Å². The van der Waals surface area contributed by atoms with Crippen molar-refractivity contribution in [1.82, 2.24) is 0 Å². The minimum absolute atomic E-state index is 0.218. The number of ether oxygens (including phenoxy) is 2. The summed E-state index contributed by atoms with van der Waals surface area (Å²) in [6.07, 6.45) is -5.93. The Morgan fingerprint density at radius 3 is 2.23 bits per heavy atom. The second-order valence-electron chi connectivity index (χ2n) is 4.56. The fourth-order valence-electron chi connectivity index (χ4n) is 2.04. The minimum atomic E-state index is -4.53. The van der Waals surface area contributed by atoms with Gasteiger partial charge in [-0.1, -0.05) is 30.3 Å². The SMILES string of the molecule is COc1ccccc1OCC(O)c1ccccc1C(F)(F)F. The first-order valence-corrected chi connectivity index (χ1v) is 6.53. The number of aliphatic hydroxyl groups is 1. The smallest absolute Gasteiger partial charge is 0.416 e. The monoisotopic (exact) mass is 312 g/mol. The predicted molar refractivity (Wildman–Crippen MR) is 74.9 cm³/mol. The molecule has 2 rings (SSSR count). The van der Waals surface area contributed by atoms with E-state index in [1.54, 1.807) is 24.3 Å². The Bertz CT molecular complexity index is 626. The molecule has 6 heteroatoms. The highest BCUT2D eigenvalue weighted by atomic mass is 19.4. The third-order valence-electron chi connectivity index (χ3n) is 3.09. The number of para-hydroxylation sites is 2. The maximum Gasteiger partial charge on any atom is 0.416 e. The van der Waals surface area contributed by atoms with Gasteiger partial charge in [0, 0.05) is 0 Å². The minimum Gasteiger partial charge on any atom is -0.493 e. The van der Waals surface area contributed by atoms with E-state index in [2.05, 4.69) is 0 Å². The molecule has 0 bridgehead atoms. The first-order valence-electron chi connectivity index (χ1n) is 6.53. The summed E-state index contributed by atoms with van der Waals surface area (Å²) in [6.45, 7) is -0.312. The van der Waals surface area contributed by atoms with Crippen LogP contribution in [0.2, 0.25) is 0 Å². The van der Waals surface area contributed by atoms with Gasteiger partial charge < -0.3 is 14.6 Å². The topological polar surface area (TPSA) is 38.7 Å². The van der Waals surface area contributed by atoms with Gasteiger partial charge in [0.25, 0.3) is 0 Å². The number of rotatable bonds is 5. The molecule has 22 heavy (non-hydrogen) atoms. The highest BCUT2D eigenvalue weighted by Gasteiger charge is 2.34. The number of halogens is 3. The van der Waals surface area contributed by atoms with Crippen LogP contribution in [0.1, 0.15) is 17.2 Å². The molecule has 0 aliphatic carbocycles. The Morgan fingerprint density at radius 2 is 1.59 bits per heavy atom. The van der Waals surface area contributed by atoms with E-state index < -0.39 is 17.8 Å². The van der Waals surface area contributed by atoms with Crippen molar-refractivity contribution in [2.24, 2.45) is 0 Å². The van der Waals surface area contributed by atoms with Crippen LogP contribution >= 0.6 is 0 Å². The predicted octanol–water partition coefficient (Wildman–Crippen LogP) is 3.83. The number of aliphatic hydroxyl groups excluding tert-OH is 1. The van der Waals surface area contributed by atoms with Gasteiger partial charge in [0.1, 0.15) is 12.7 Å². The molecular weight excluding hydrogens is 297 g/mol. The average molecular weight is 312 g/mol. The van der Waals surface area contributed by atoms with E-state index in [0.717, 1.165) is 6.07 Å². The van der Waals surface area contributed by atoms with Crippen molar-refractivity contribution in [1.29, 1.82) is 0 Å². The number of hydrogen-bond acceptors (Lipinski definition) is 3. The zero-order valence-electron chi connectivity index (χ0n) is 11.8. The van der Waals surface area contributed by atoms with Gasteiger partial charge in [0.05, 0.1) is 12.7 Å². The molecule has 2 aromatic carbocycles. The van der Waals surface area contributed by atoms with Gasteiger partial charge in [0.15, 0.2) is 11.5 Å². The average Bonchev–Trinajstić information content (AvgIpc) is 2.52. The van der Waals surface area contributed by atoms with E-state index in [1.165, 1.54) is 25.3 Å². The van der Waals surface area contributed by atoms with Gasteiger partial charge >= 0.3 is 6.18 Å². The lowest BCUT2D eigenvalue weighted by Gasteiger charge is -2.18. The molecule has 3 nitrogen and oxygen atoms in total. The van der Waals surface area contributed by atoms with Crippen molar-refractivity contribution in [3.63, 3.8) is 0 Å². The number of hydrogen-bond donors (Lipinski definition) is 1. The molecule has 0 aromatic heterocycles. The van der Waals surface area contributed by atoms with Crippen LogP contribution in [0.15, 0.2) is 48.5 Å². The molecule has 0 fully saturated rings. The van der Waals surface area contributed by atoms with Crippen molar-refractivity contribution >= 4 is 0 Å². The number of benzene rings is 2. The van der Waals surface area contributed by atoms with Crippen LogP contribution in [-0.4, -0.2) is 18.8 Å². The fraction of sp³-hybridized carbons (Fsp3) is 0.250. The third-order valence-corrected chi connectivity index (χ3v) is 3.09. The molecule has 118 valence electrons. The molecule has 1 N–H and O–H groups in total. The Balaban J connectivity index is 2.15. The Kier molecular flexibility index (Phi) is 4.92. The van der Waals surface area contributed by atoms with Gasteiger partial charge in [-0.05, 0) is 23.8 Å². The third kappa shape index (κ3) is 3.71. The first-order chi connectivity index (χ1) is 10.4. The van der Waals surface area contributed by atoms with Crippen LogP contribution in [0.25, 0.3) is 0 Å². The normalized spacial score (nSPS) is 12.8. The molecule has 0 aliphatic rings. The second kappa shape index (κ2) is 6.70. The summed E-state index contributed by atoms with van der Waals surface area (Å²) >= 11 is 0. The van der Waals surface area contributed by atoms with E-state index in [4.69, 9.17) is 9.47 Å². The van der Waals surface area contributed by atoms with E-state index in [0.29, 0.717) is 11.5 Å². The lowest BCUT2D eigenvalue weighted by atomic mass is 10.0. The number of alkyl halides is 3. The van der Waals surface area contributed by atoms with E-state index in [9.17, 15) is 18.3 Å². The highest BCUT2D eigenvalue weighted by molar-refractivity contribution is 5.39. The maximum absolute atomic E-state index is 12.9. The van der Waals surface area contributed by atoms with E-state index in [1.807, 2.05) is 0 Å². The van der Waals surface area contributed by atoms with Crippen LogP contribution in [0.4, 0.5) is 13.2 Å². The van der Waals surface area contributed by atoms with Crippen LogP contribution in [0.5, 0.6) is 11.5 Å². The van der Waals surface area contributed by atoms with Gasteiger partial charge in [-0.25, -0.2) is 0 Å². The summed E-state index contributed by atoms with van der Waals surface area (Å²) < 4.78 is 49.2. The molecule has 1 unspecified atom stereocenters. The highest BCUT2D eigenvalue weighted by Crippen LogP contribution is 2.35. The Labute approximate surface area is 125 Å². The zero-order chi connectivity index (χ0) is 16.2. The molecule has 0 radical (unpaired) electrons. The van der Waals surface area contributed by atoms with Crippen molar-refractivity contribution in [3.8, 4) is 11.5 Å². The van der Waals surface area contributed by atoms with E-state index >= 15 is 0 Å². The molecule has 1 atom stereocenters. The van der Waals surface area contributed by atoms with Crippen LogP contribution < -0.4 is 9.47 Å². The van der Waals surface area contributed by atoms with Crippen LogP contribution in [0, 0.1) is 0 Å². The van der Waals surface area contributed by atoms with Gasteiger partial charge in [-0.15, -0.1) is 0 Å². The summed E-state index contributed by atoms with van der Waals surface area (Å²) in [5.41, 5.74) is -1.09. The molecule has 0 aliphatic heterocycles. The molecule has 0 saturated carbocycles. The van der Waals surface area contributed by atoms with Crippen molar-refractivity contribution in [3.05, 3.63) is 59.7 Å². The fourth-order valence-corrected chi connectivity index (χ4v) is 2.04. The Hall–Kier alpha value is -2.21. The zero-order valence-corrected chi connectivity index (χ0v) is 11.8. The number of methoxy groups -OCH3 is 1. The van der Waals surface area contributed by atoms with Crippen molar-refractivity contribution in [2.45, 2.75) is 12.3 Å². The first kappa shape index (κ1) is 16.2.